The zero-order valence-corrected chi connectivity index (χ0v) is 35.9. The quantitative estimate of drug-likeness (QED) is 0.0385. The molecule has 0 fully saturated rings. The van der Waals surface area contributed by atoms with E-state index in [0.29, 0.717) is 45.2 Å². The number of hydrogen-bond acceptors (Lipinski definition) is 8. The largest absolute Gasteiger partial charge is 0.508 e. The molecule has 0 saturated carbocycles. The summed E-state index contributed by atoms with van der Waals surface area (Å²) in [7, 11) is -4.62. The van der Waals surface area contributed by atoms with Crippen molar-refractivity contribution in [2.75, 3.05) is 16.7 Å². The Labute approximate surface area is 358 Å². The van der Waals surface area contributed by atoms with Crippen molar-refractivity contribution in [1.29, 1.82) is 0 Å². The number of thioether (sulfide) groups is 2. The summed E-state index contributed by atoms with van der Waals surface area (Å²) in [6, 6.07) is 45.6. The molecule has 1 heterocycles. The smallest absolute Gasteiger partial charge is 0.295 e. The highest BCUT2D eigenvalue weighted by Gasteiger charge is 2.27. The van der Waals surface area contributed by atoms with Gasteiger partial charge in [0.05, 0.1) is 11.9 Å². The van der Waals surface area contributed by atoms with Crippen LogP contribution in [0.2, 0.25) is 0 Å². The number of phenolic OH excluding ortho intramolecular Hbond substituents is 2. The maximum atomic E-state index is 12.9. The first kappa shape index (κ1) is 40.8. The molecule has 6 aromatic rings. The van der Waals surface area contributed by atoms with Crippen LogP contribution in [0.25, 0.3) is 33.4 Å². The first-order valence-corrected chi connectivity index (χ1v) is 22.7. The average molecular weight is 852 g/mol. The molecule has 1 aliphatic carbocycles. The predicted molar refractivity (Wildman–Crippen MR) is 245 cm³/mol. The zero-order chi connectivity index (χ0) is 42.1. The van der Waals surface area contributed by atoms with Gasteiger partial charge in [-0.2, -0.15) is 13.0 Å². The molecule has 0 aromatic heterocycles. The van der Waals surface area contributed by atoms with E-state index in [2.05, 4.69) is 33.7 Å². The van der Waals surface area contributed by atoms with E-state index >= 15 is 0 Å². The van der Waals surface area contributed by atoms with Crippen molar-refractivity contribution < 1.29 is 27.6 Å². The van der Waals surface area contributed by atoms with Gasteiger partial charge < -0.3 is 19.5 Å². The van der Waals surface area contributed by atoms with Crippen LogP contribution in [0.5, 0.6) is 11.5 Å². The monoisotopic (exact) mass is 851 g/mol. The van der Waals surface area contributed by atoms with Gasteiger partial charge in [-0.1, -0.05) is 66.4 Å². The fourth-order valence-corrected chi connectivity index (χ4v) is 10.5. The lowest BCUT2D eigenvalue weighted by Gasteiger charge is -2.29. The van der Waals surface area contributed by atoms with Crippen LogP contribution in [0.15, 0.2) is 165 Å². The SMILES string of the molecule is Cc1cc(O)cc(C)c1N(CSc1ccccc1)c1ccc2c(-c3ccccc3S(=O)(=O)O)c3cc/c(=[N+](/CSc4ccccc4)c4c(C)cc(O)cc4C)cc-3oc2c1. The van der Waals surface area contributed by atoms with Crippen molar-refractivity contribution in [2.45, 2.75) is 42.4 Å². The molecule has 60 heavy (non-hydrogen) atoms. The van der Waals surface area contributed by atoms with Gasteiger partial charge in [-0.3, -0.25) is 4.55 Å². The Morgan fingerprint density at radius 2 is 1.22 bits per heavy atom. The van der Waals surface area contributed by atoms with E-state index in [-0.39, 0.29) is 16.4 Å². The van der Waals surface area contributed by atoms with E-state index in [1.807, 2.05) is 100 Å². The Morgan fingerprint density at radius 3 is 1.85 bits per heavy atom. The highest BCUT2D eigenvalue weighted by molar-refractivity contribution is 7.99. The molecule has 1 aliphatic heterocycles. The second-order valence-electron chi connectivity index (χ2n) is 14.7. The summed E-state index contributed by atoms with van der Waals surface area (Å²) < 4.78 is 45.5. The molecule has 0 unspecified atom stereocenters. The number of aromatic hydroxyl groups is 2. The Kier molecular flexibility index (Phi) is 11.5. The van der Waals surface area contributed by atoms with Gasteiger partial charge in [0.1, 0.15) is 27.7 Å². The molecule has 0 radical (unpaired) electrons. The van der Waals surface area contributed by atoms with Crippen molar-refractivity contribution >= 4 is 61.7 Å². The molecule has 0 saturated heterocycles. The standard InChI is InChI=1S/C49H42N2O6S3/c1-31-23-37(52)24-32(2)48(31)50(29-58-39-13-7-5-8-14-39)35-19-21-41-44(27-35)57-45-28-36(20-22-42(45)47(41)43-17-11-12-18-46(43)60(54,55)56)51(30-59-40-15-9-6-10-16-40)49-33(3)25-38(53)26-34(49)4/h5-28H,29-30H2,1-4H3,(H2-,52,53,54,55,56)/p+1. The van der Waals surface area contributed by atoms with E-state index in [1.54, 1.807) is 66.0 Å². The van der Waals surface area contributed by atoms with Crippen LogP contribution in [-0.2, 0) is 10.1 Å². The Hall–Kier alpha value is -5.98. The fraction of sp³-hybridized carbons (Fsp3) is 0.122. The number of rotatable bonds is 11. The highest BCUT2D eigenvalue weighted by Crippen LogP contribution is 2.45. The van der Waals surface area contributed by atoms with Crippen LogP contribution < -0.4 is 14.8 Å². The lowest BCUT2D eigenvalue weighted by molar-refractivity contribution is 0.473. The summed E-state index contributed by atoms with van der Waals surface area (Å²) in [6.07, 6.45) is 0. The number of aryl methyl sites for hydroxylation is 4. The summed E-state index contributed by atoms with van der Waals surface area (Å²) in [5.41, 5.74) is 8.42. The van der Waals surface area contributed by atoms with E-state index in [0.717, 1.165) is 54.5 Å². The Bertz CT molecular complexity index is 2990. The van der Waals surface area contributed by atoms with Gasteiger partial charge in [0, 0.05) is 66.5 Å². The summed E-state index contributed by atoms with van der Waals surface area (Å²) in [5, 5.41) is 22.5. The minimum atomic E-state index is -4.62. The molecule has 8 nitrogen and oxygen atoms in total. The normalized spacial score (nSPS) is 12.2. The molecule has 11 heteroatoms. The molecular weight excluding hydrogens is 809 g/mol. The Morgan fingerprint density at radius 1 is 0.633 bits per heavy atom. The Balaban J connectivity index is 1.40. The topological polar surface area (TPSA) is 114 Å². The summed E-state index contributed by atoms with van der Waals surface area (Å²) >= 11 is 3.35. The van der Waals surface area contributed by atoms with Crippen molar-refractivity contribution in [3.63, 3.8) is 0 Å². The van der Waals surface area contributed by atoms with Gasteiger partial charge in [-0.05, 0) is 112 Å². The van der Waals surface area contributed by atoms with Crippen LogP contribution in [0.1, 0.15) is 22.3 Å². The lowest BCUT2D eigenvalue weighted by atomic mass is 9.93. The van der Waals surface area contributed by atoms with Crippen LogP contribution in [0.4, 0.5) is 17.1 Å². The van der Waals surface area contributed by atoms with Crippen molar-refractivity contribution in [3.05, 3.63) is 173 Å². The first-order chi connectivity index (χ1) is 28.9. The minimum absolute atomic E-state index is 0.191. The number of phenols is 2. The third-order valence-electron chi connectivity index (χ3n) is 10.4. The van der Waals surface area contributed by atoms with Gasteiger partial charge in [0.15, 0.2) is 5.88 Å². The highest BCUT2D eigenvalue weighted by atomic mass is 32.2. The van der Waals surface area contributed by atoms with Gasteiger partial charge in [-0.15, -0.1) is 11.8 Å². The predicted octanol–water partition coefficient (Wildman–Crippen LogP) is 11.8. The van der Waals surface area contributed by atoms with E-state index in [4.69, 9.17) is 4.42 Å². The van der Waals surface area contributed by atoms with Crippen molar-refractivity contribution in [3.8, 4) is 33.9 Å². The number of anilines is 2. The maximum absolute atomic E-state index is 12.9. The summed E-state index contributed by atoms with van der Waals surface area (Å²) in [6.45, 7) is 7.91. The third-order valence-corrected chi connectivity index (χ3v) is 13.3. The molecule has 3 N–H and O–H groups in total. The maximum Gasteiger partial charge on any atom is 0.295 e. The molecule has 0 spiro atoms. The van der Waals surface area contributed by atoms with Gasteiger partial charge in [0.2, 0.25) is 11.0 Å². The fourth-order valence-electron chi connectivity index (χ4n) is 7.96. The summed E-state index contributed by atoms with van der Waals surface area (Å²) in [4.78, 5) is 4.18. The lowest BCUT2D eigenvalue weighted by Crippen LogP contribution is -2.26. The molecule has 8 rings (SSSR count). The first-order valence-electron chi connectivity index (χ1n) is 19.3. The van der Waals surface area contributed by atoms with Crippen molar-refractivity contribution in [1.82, 2.24) is 4.58 Å². The number of benzene rings is 7. The second-order valence-corrected chi connectivity index (χ2v) is 18.1. The molecular formula is C49H43N2O6S3+. The molecule has 0 amide bonds. The molecule has 2 aliphatic rings. The van der Waals surface area contributed by atoms with Crippen LogP contribution >= 0.6 is 23.5 Å². The van der Waals surface area contributed by atoms with E-state index in [1.165, 1.54) is 6.07 Å². The van der Waals surface area contributed by atoms with Crippen LogP contribution in [0, 0.1) is 27.7 Å². The number of fused-ring (bicyclic) bond motifs is 2. The van der Waals surface area contributed by atoms with E-state index < -0.39 is 10.1 Å². The van der Waals surface area contributed by atoms with E-state index in [9.17, 15) is 23.2 Å². The molecule has 6 aromatic carbocycles. The number of nitrogens with zero attached hydrogens (tertiary/aromatic N) is 2. The minimum Gasteiger partial charge on any atom is -0.508 e. The second kappa shape index (κ2) is 16.9. The van der Waals surface area contributed by atoms with Gasteiger partial charge >= 0.3 is 0 Å². The number of hydrogen-bond donors (Lipinski definition) is 3. The van der Waals surface area contributed by atoms with Gasteiger partial charge in [0.25, 0.3) is 10.1 Å². The molecule has 302 valence electrons. The van der Waals surface area contributed by atoms with Crippen LogP contribution in [-0.4, -0.2) is 34.9 Å². The summed E-state index contributed by atoms with van der Waals surface area (Å²) in [5.74, 6) is 1.96. The van der Waals surface area contributed by atoms with Crippen LogP contribution in [0.3, 0.4) is 0 Å². The third kappa shape index (κ3) is 8.39. The van der Waals surface area contributed by atoms with Crippen molar-refractivity contribution in [2.24, 2.45) is 0 Å². The molecule has 0 bridgehead atoms. The van der Waals surface area contributed by atoms with Gasteiger partial charge in [-0.25, -0.2) is 0 Å². The zero-order valence-electron chi connectivity index (χ0n) is 33.5. The molecule has 0 atom stereocenters. The average Bonchev–Trinajstić information content (AvgIpc) is 3.21.